The summed E-state index contributed by atoms with van der Waals surface area (Å²) in [6, 6.07) is 9.68. The molecule has 2 aromatic rings. The molecular weight excluding hydrogens is 276 g/mol. The Hall–Kier alpha value is -2.36. The summed E-state index contributed by atoms with van der Waals surface area (Å²) in [5.74, 6) is 0.789. The van der Waals surface area contributed by atoms with Crippen molar-refractivity contribution < 1.29 is 9.53 Å². The van der Waals surface area contributed by atoms with Gasteiger partial charge in [-0.3, -0.25) is 9.78 Å². The van der Waals surface area contributed by atoms with Gasteiger partial charge < -0.3 is 9.64 Å². The molecule has 0 saturated heterocycles. The van der Waals surface area contributed by atoms with E-state index in [9.17, 15) is 4.79 Å². The van der Waals surface area contributed by atoms with Gasteiger partial charge in [-0.15, -0.1) is 0 Å². The standard InChI is InChI=1S/C18H22N2O2/c1-13(2)22-17-7-5-6-15(9-17)12-20(4)18(21)16-8-14(3)10-19-11-16/h5-11,13H,12H2,1-4H3. The first-order chi connectivity index (χ1) is 10.5. The Morgan fingerprint density at radius 2 is 2.05 bits per heavy atom. The van der Waals surface area contributed by atoms with Crippen LogP contribution in [0.3, 0.4) is 0 Å². The quantitative estimate of drug-likeness (QED) is 0.849. The lowest BCUT2D eigenvalue weighted by molar-refractivity contribution is 0.0784. The normalized spacial score (nSPS) is 10.6. The van der Waals surface area contributed by atoms with Crippen LogP contribution in [-0.4, -0.2) is 28.9 Å². The number of nitrogens with zero attached hydrogens (tertiary/aromatic N) is 2. The predicted octanol–water partition coefficient (Wildman–Crippen LogP) is 3.45. The second-order valence-corrected chi connectivity index (χ2v) is 5.73. The molecule has 0 atom stereocenters. The van der Waals surface area contributed by atoms with Crippen LogP contribution in [0.1, 0.15) is 35.3 Å². The van der Waals surface area contributed by atoms with Gasteiger partial charge in [0.25, 0.3) is 5.91 Å². The molecule has 0 radical (unpaired) electrons. The Labute approximate surface area is 131 Å². The molecule has 0 N–H and O–H groups in total. The van der Waals surface area contributed by atoms with E-state index in [0.717, 1.165) is 16.9 Å². The second-order valence-electron chi connectivity index (χ2n) is 5.73. The molecule has 0 aliphatic rings. The van der Waals surface area contributed by atoms with Gasteiger partial charge >= 0.3 is 0 Å². The summed E-state index contributed by atoms with van der Waals surface area (Å²) in [6.45, 7) is 6.44. The van der Waals surface area contributed by atoms with E-state index in [-0.39, 0.29) is 12.0 Å². The summed E-state index contributed by atoms with van der Waals surface area (Å²) in [7, 11) is 1.79. The molecule has 2 rings (SSSR count). The molecule has 1 heterocycles. The summed E-state index contributed by atoms with van der Waals surface area (Å²) in [6.07, 6.45) is 3.47. The van der Waals surface area contributed by atoms with Gasteiger partial charge in [-0.05, 0) is 50.1 Å². The van der Waals surface area contributed by atoms with Crippen LogP contribution < -0.4 is 4.74 Å². The van der Waals surface area contributed by atoms with Crippen molar-refractivity contribution in [2.75, 3.05) is 7.05 Å². The number of hydrogen-bond donors (Lipinski definition) is 0. The molecule has 0 saturated carbocycles. The third-order valence-electron chi connectivity index (χ3n) is 3.16. The largest absolute Gasteiger partial charge is 0.491 e. The lowest BCUT2D eigenvalue weighted by Crippen LogP contribution is -2.26. The minimum atomic E-state index is -0.0358. The average Bonchev–Trinajstić information content (AvgIpc) is 2.46. The van der Waals surface area contributed by atoms with E-state index in [1.807, 2.05) is 51.1 Å². The van der Waals surface area contributed by atoms with Crippen molar-refractivity contribution in [3.8, 4) is 5.75 Å². The molecule has 0 bridgehead atoms. The van der Waals surface area contributed by atoms with Crippen molar-refractivity contribution in [3.05, 3.63) is 59.4 Å². The Kier molecular flexibility index (Phi) is 5.15. The first-order valence-corrected chi connectivity index (χ1v) is 7.38. The molecular formula is C18H22N2O2. The molecule has 116 valence electrons. The lowest BCUT2D eigenvalue weighted by atomic mass is 10.1. The fourth-order valence-corrected chi connectivity index (χ4v) is 2.23. The van der Waals surface area contributed by atoms with Crippen LogP contribution in [0.15, 0.2) is 42.7 Å². The van der Waals surface area contributed by atoms with Crippen molar-refractivity contribution in [1.82, 2.24) is 9.88 Å². The summed E-state index contributed by atoms with van der Waals surface area (Å²) in [5, 5.41) is 0. The Morgan fingerprint density at radius 3 is 2.73 bits per heavy atom. The fraction of sp³-hybridized carbons (Fsp3) is 0.333. The van der Waals surface area contributed by atoms with E-state index < -0.39 is 0 Å². The Morgan fingerprint density at radius 1 is 1.27 bits per heavy atom. The van der Waals surface area contributed by atoms with Crippen molar-refractivity contribution in [3.63, 3.8) is 0 Å². The molecule has 4 nitrogen and oxygen atoms in total. The average molecular weight is 298 g/mol. The number of aromatic nitrogens is 1. The zero-order valence-corrected chi connectivity index (χ0v) is 13.5. The Bertz CT molecular complexity index is 653. The van der Waals surface area contributed by atoms with Crippen LogP contribution in [0.2, 0.25) is 0 Å². The highest BCUT2D eigenvalue weighted by Gasteiger charge is 2.13. The topological polar surface area (TPSA) is 42.4 Å². The summed E-state index contributed by atoms with van der Waals surface area (Å²) < 4.78 is 5.68. The third kappa shape index (κ3) is 4.32. The van der Waals surface area contributed by atoms with Crippen LogP contribution in [0.25, 0.3) is 0 Å². The van der Waals surface area contributed by atoms with Crippen LogP contribution in [0.5, 0.6) is 5.75 Å². The van der Waals surface area contributed by atoms with Gasteiger partial charge in [-0.25, -0.2) is 0 Å². The zero-order valence-electron chi connectivity index (χ0n) is 13.5. The summed E-state index contributed by atoms with van der Waals surface area (Å²) >= 11 is 0. The number of carbonyl (C=O) groups is 1. The van der Waals surface area contributed by atoms with Gasteiger partial charge in [0.15, 0.2) is 0 Å². The van der Waals surface area contributed by atoms with Crippen molar-refractivity contribution in [2.45, 2.75) is 33.4 Å². The van der Waals surface area contributed by atoms with Crippen LogP contribution in [0, 0.1) is 6.92 Å². The molecule has 0 spiro atoms. The molecule has 1 amide bonds. The van der Waals surface area contributed by atoms with Gasteiger partial charge in [-0.1, -0.05) is 12.1 Å². The number of benzene rings is 1. The SMILES string of the molecule is Cc1cncc(C(=O)N(C)Cc2cccc(OC(C)C)c2)c1. The second kappa shape index (κ2) is 7.07. The maximum atomic E-state index is 12.4. The predicted molar refractivity (Wildman–Crippen MR) is 87.0 cm³/mol. The minimum absolute atomic E-state index is 0.0358. The van der Waals surface area contributed by atoms with Gasteiger partial charge in [0.05, 0.1) is 11.7 Å². The van der Waals surface area contributed by atoms with Gasteiger partial charge in [-0.2, -0.15) is 0 Å². The number of rotatable bonds is 5. The highest BCUT2D eigenvalue weighted by Crippen LogP contribution is 2.17. The van der Waals surface area contributed by atoms with E-state index in [2.05, 4.69) is 4.98 Å². The number of hydrogen-bond acceptors (Lipinski definition) is 3. The van der Waals surface area contributed by atoms with E-state index in [1.54, 1.807) is 24.3 Å². The van der Waals surface area contributed by atoms with Gasteiger partial charge in [0.2, 0.25) is 0 Å². The highest BCUT2D eigenvalue weighted by atomic mass is 16.5. The number of carbonyl (C=O) groups excluding carboxylic acids is 1. The van der Waals surface area contributed by atoms with Crippen LogP contribution >= 0.6 is 0 Å². The first-order valence-electron chi connectivity index (χ1n) is 7.38. The molecule has 1 aromatic carbocycles. The summed E-state index contributed by atoms with van der Waals surface area (Å²) in [4.78, 5) is 18.2. The number of aryl methyl sites for hydroxylation is 1. The maximum Gasteiger partial charge on any atom is 0.255 e. The van der Waals surface area contributed by atoms with Crippen LogP contribution in [0.4, 0.5) is 0 Å². The fourth-order valence-electron chi connectivity index (χ4n) is 2.23. The highest BCUT2D eigenvalue weighted by molar-refractivity contribution is 5.93. The Balaban J connectivity index is 2.08. The van der Waals surface area contributed by atoms with E-state index in [0.29, 0.717) is 12.1 Å². The summed E-state index contributed by atoms with van der Waals surface area (Å²) in [5.41, 5.74) is 2.62. The molecule has 1 aromatic heterocycles. The molecule has 0 unspecified atom stereocenters. The maximum absolute atomic E-state index is 12.4. The monoisotopic (exact) mass is 298 g/mol. The van der Waals surface area contributed by atoms with Crippen molar-refractivity contribution in [2.24, 2.45) is 0 Å². The molecule has 4 heteroatoms. The van der Waals surface area contributed by atoms with Gasteiger partial charge in [0.1, 0.15) is 5.75 Å². The van der Waals surface area contributed by atoms with Crippen molar-refractivity contribution in [1.29, 1.82) is 0 Å². The van der Waals surface area contributed by atoms with Crippen molar-refractivity contribution >= 4 is 5.91 Å². The van der Waals surface area contributed by atoms with E-state index in [1.165, 1.54) is 0 Å². The third-order valence-corrected chi connectivity index (χ3v) is 3.16. The molecule has 0 aliphatic heterocycles. The number of amides is 1. The smallest absolute Gasteiger partial charge is 0.255 e. The molecule has 0 aliphatic carbocycles. The van der Waals surface area contributed by atoms with Crippen LogP contribution in [-0.2, 0) is 6.54 Å². The molecule has 0 fully saturated rings. The lowest BCUT2D eigenvalue weighted by Gasteiger charge is -2.18. The van der Waals surface area contributed by atoms with Gasteiger partial charge in [0, 0.05) is 26.0 Å². The van der Waals surface area contributed by atoms with E-state index >= 15 is 0 Å². The zero-order chi connectivity index (χ0) is 16.1. The first kappa shape index (κ1) is 16.0. The minimum Gasteiger partial charge on any atom is -0.491 e. The number of pyridine rings is 1. The number of ether oxygens (including phenoxy) is 1. The molecule has 22 heavy (non-hydrogen) atoms. The van der Waals surface area contributed by atoms with E-state index in [4.69, 9.17) is 4.74 Å².